The van der Waals surface area contributed by atoms with E-state index in [0.717, 1.165) is 34.0 Å². The van der Waals surface area contributed by atoms with E-state index in [4.69, 9.17) is 9.84 Å². The van der Waals surface area contributed by atoms with E-state index in [-0.39, 0.29) is 36.0 Å². The van der Waals surface area contributed by atoms with Gasteiger partial charge in [0.25, 0.3) is 0 Å². The fourth-order valence-electron chi connectivity index (χ4n) is 5.39. The highest BCUT2D eigenvalue weighted by Gasteiger charge is 2.38. The van der Waals surface area contributed by atoms with Crippen LogP contribution >= 0.6 is 15.9 Å². The van der Waals surface area contributed by atoms with Crippen LogP contribution in [-0.4, -0.2) is 40.6 Å². The fraction of sp³-hybridized carbons (Fsp3) is 0.206. The predicted molar refractivity (Wildman–Crippen MR) is 170 cm³/mol. The van der Waals surface area contributed by atoms with Gasteiger partial charge in [-0.1, -0.05) is 54.6 Å². The van der Waals surface area contributed by atoms with E-state index in [2.05, 4.69) is 26.6 Å². The number of carboxylic acids is 1. The Hall–Kier alpha value is -4.63. The third-order valence-electron chi connectivity index (χ3n) is 7.53. The summed E-state index contributed by atoms with van der Waals surface area (Å²) >= 11 is 3.43. The molecule has 1 aliphatic heterocycles. The molecule has 9 heteroatoms. The lowest BCUT2D eigenvalue weighted by atomic mass is 10.0. The van der Waals surface area contributed by atoms with Gasteiger partial charge in [-0.15, -0.1) is 0 Å². The number of para-hydroxylation sites is 1. The summed E-state index contributed by atoms with van der Waals surface area (Å²) in [6, 6.07) is 28.7. The van der Waals surface area contributed by atoms with Crippen molar-refractivity contribution in [1.29, 1.82) is 0 Å². The van der Waals surface area contributed by atoms with Crippen molar-refractivity contribution in [3.8, 4) is 5.75 Å². The van der Waals surface area contributed by atoms with Gasteiger partial charge in [0.1, 0.15) is 12.4 Å². The number of ether oxygens (including phenoxy) is 1. The highest BCUT2D eigenvalue weighted by atomic mass is 79.9. The van der Waals surface area contributed by atoms with E-state index in [0.29, 0.717) is 23.7 Å². The van der Waals surface area contributed by atoms with Crippen LogP contribution in [0.3, 0.4) is 0 Å². The van der Waals surface area contributed by atoms with E-state index in [1.54, 1.807) is 18.2 Å². The molecule has 0 aromatic heterocycles. The first-order valence-corrected chi connectivity index (χ1v) is 14.8. The first-order chi connectivity index (χ1) is 20.8. The number of nitrogens with zero attached hydrogens (tertiary/aromatic N) is 1. The molecule has 1 saturated heterocycles. The van der Waals surface area contributed by atoms with Crippen molar-refractivity contribution >= 4 is 45.2 Å². The summed E-state index contributed by atoms with van der Waals surface area (Å²) in [5.74, 6) is -0.441. The van der Waals surface area contributed by atoms with Crippen molar-refractivity contribution in [3.05, 3.63) is 124 Å². The number of anilines is 2. The van der Waals surface area contributed by atoms with Crippen LogP contribution in [0.2, 0.25) is 0 Å². The molecule has 2 atom stereocenters. The second-order valence-corrected chi connectivity index (χ2v) is 11.3. The number of halogens is 1. The normalized spacial score (nSPS) is 16.0. The Kier molecular flexibility index (Phi) is 9.41. The Morgan fingerprint density at radius 3 is 2.28 bits per heavy atom. The summed E-state index contributed by atoms with van der Waals surface area (Å²) in [6.45, 7) is 2.20. The molecule has 0 unspecified atom stereocenters. The van der Waals surface area contributed by atoms with Crippen LogP contribution in [-0.2, 0) is 11.2 Å². The summed E-state index contributed by atoms with van der Waals surface area (Å²) in [6.07, 6.45) is 1.81. The number of aromatic carboxylic acids is 1. The van der Waals surface area contributed by atoms with Gasteiger partial charge in [-0.3, -0.25) is 4.79 Å². The summed E-state index contributed by atoms with van der Waals surface area (Å²) in [4.78, 5) is 39.6. The molecule has 0 spiro atoms. The average Bonchev–Trinajstić information content (AvgIpc) is 3.43. The van der Waals surface area contributed by atoms with Gasteiger partial charge in [-0.2, -0.15) is 0 Å². The maximum absolute atomic E-state index is 13.9. The molecule has 8 nitrogen and oxygen atoms in total. The molecule has 220 valence electrons. The van der Waals surface area contributed by atoms with E-state index in [9.17, 15) is 14.4 Å². The molecule has 43 heavy (non-hydrogen) atoms. The lowest BCUT2D eigenvalue weighted by molar-refractivity contribution is -0.134. The Bertz CT molecular complexity index is 1610. The molecule has 0 saturated carbocycles. The number of rotatable bonds is 9. The Labute approximate surface area is 258 Å². The molecule has 5 rings (SSSR count). The smallest absolute Gasteiger partial charge is 0.335 e. The summed E-state index contributed by atoms with van der Waals surface area (Å²) < 4.78 is 6.81. The van der Waals surface area contributed by atoms with Gasteiger partial charge in [-0.05, 0) is 94.9 Å². The minimum Gasteiger partial charge on any atom is -0.491 e. The largest absolute Gasteiger partial charge is 0.491 e. The lowest BCUT2D eigenvalue weighted by Crippen LogP contribution is -2.41. The number of aryl methyl sites for hydroxylation is 1. The Balaban J connectivity index is 1.27. The molecule has 3 N–H and O–H groups in total. The number of carbonyl (C=O) groups is 3. The van der Waals surface area contributed by atoms with Gasteiger partial charge in [0, 0.05) is 10.2 Å². The van der Waals surface area contributed by atoms with E-state index in [1.165, 1.54) is 12.1 Å². The maximum Gasteiger partial charge on any atom is 0.335 e. The molecule has 1 aliphatic rings. The van der Waals surface area contributed by atoms with Crippen LogP contribution < -0.4 is 15.4 Å². The van der Waals surface area contributed by atoms with E-state index in [1.807, 2.05) is 78.6 Å². The third kappa shape index (κ3) is 7.42. The molecule has 0 aliphatic carbocycles. The lowest BCUT2D eigenvalue weighted by Gasteiger charge is -2.31. The third-order valence-corrected chi connectivity index (χ3v) is 8.23. The molecule has 1 heterocycles. The average molecular weight is 643 g/mol. The van der Waals surface area contributed by atoms with Crippen LogP contribution in [0.25, 0.3) is 0 Å². The van der Waals surface area contributed by atoms with Gasteiger partial charge in [0.15, 0.2) is 0 Å². The van der Waals surface area contributed by atoms with Crippen LogP contribution in [0.15, 0.2) is 102 Å². The fourth-order valence-corrected chi connectivity index (χ4v) is 5.78. The van der Waals surface area contributed by atoms with Crippen molar-refractivity contribution < 1.29 is 24.2 Å². The SMILES string of the molecule is Cc1cc(CC(=O)N2[C@H](COc3ccc(C(=O)O)cc3)CC[C@@H]2c2ccccc2)ccc1NC(=O)Nc1ccccc1Br. The maximum atomic E-state index is 13.9. The number of benzene rings is 4. The Morgan fingerprint density at radius 2 is 1.58 bits per heavy atom. The zero-order valence-corrected chi connectivity index (χ0v) is 25.2. The van der Waals surface area contributed by atoms with E-state index < -0.39 is 5.97 Å². The quantitative estimate of drug-likeness (QED) is 0.176. The molecule has 0 radical (unpaired) electrons. The van der Waals surface area contributed by atoms with Crippen LogP contribution in [0.1, 0.15) is 45.9 Å². The standard InChI is InChI=1S/C34H32BrN3O5/c1-22-19-23(11-17-29(22)36-34(42)37-30-10-6-5-9-28(30)35)20-32(39)38-26(14-18-31(38)24-7-3-2-4-8-24)21-43-27-15-12-25(13-16-27)33(40)41/h2-13,15-17,19,26,31H,14,18,20-21H2,1H3,(H,40,41)(H2,36,37,42)/t26-,31+/m0/s1. The first-order valence-electron chi connectivity index (χ1n) is 14.0. The summed E-state index contributed by atoms with van der Waals surface area (Å²) in [7, 11) is 0. The highest BCUT2D eigenvalue weighted by molar-refractivity contribution is 9.10. The number of urea groups is 1. The summed E-state index contributed by atoms with van der Waals surface area (Å²) in [5.41, 5.74) is 4.28. The van der Waals surface area contributed by atoms with Crippen LogP contribution in [0.4, 0.5) is 16.2 Å². The van der Waals surface area contributed by atoms with Crippen LogP contribution in [0.5, 0.6) is 5.75 Å². The van der Waals surface area contributed by atoms with E-state index >= 15 is 0 Å². The number of amides is 3. The van der Waals surface area contributed by atoms with Gasteiger partial charge in [-0.25, -0.2) is 9.59 Å². The van der Waals surface area contributed by atoms with Crippen molar-refractivity contribution in [3.63, 3.8) is 0 Å². The predicted octanol–water partition coefficient (Wildman–Crippen LogP) is 7.45. The molecule has 0 bridgehead atoms. The molecule has 4 aromatic rings. The van der Waals surface area contributed by atoms with Gasteiger partial charge in [0.2, 0.25) is 5.91 Å². The molecular weight excluding hydrogens is 610 g/mol. The van der Waals surface area contributed by atoms with Gasteiger partial charge >= 0.3 is 12.0 Å². The number of likely N-dealkylation sites (tertiary alicyclic amines) is 1. The number of carbonyl (C=O) groups excluding carboxylic acids is 2. The number of hydrogen-bond acceptors (Lipinski definition) is 4. The van der Waals surface area contributed by atoms with Crippen molar-refractivity contribution in [2.75, 3.05) is 17.2 Å². The van der Waals surface area contributed by atoms with Crippen molar-refractivity contribution in [2.24, 2.45) is 0 Å². The van der Waals surface area contributed by atoms with Crippen molar-refractivity contribution in [2.45, 2.75) is 38.3 Å². The zero-order chi connectivity index (χ0) is 30.3. The van der Waals surface area contributed by atoms with Gasteiger partial charge < -0.3 is 25.4 Å². The minimum atomic E-state index is -0.993. The molecular formula is C34H32BrN3O5. The highest BCUT2D eigenvalue weighted by Crippen LogP contribution is 2.37. The molecule has 4 aromatic carbocycles. The monoisotopic (exact) mass is 641 g/mol. The van der Waals surface area contributed by atoms with Gasteiger partial charge in [0.05, 0.1) is 29.8 Å². The number of nitrogens with one attached hydrogen (secondary N) is 2. The number of carboxylic acid groups (broad SMARTS) is 1. The Morgan fingerprint density at radius 1 is 0.884 bits per heavy atom. The summed E-state index contributed by atoms with van der Waals surface area (Å²) in [5, 5.41) is 14.9. The topological polar surface area (TPSA) is 108 Å². The van der Waals surface area contributed by atoms with Crippen molar-refractivity contribution in [1.82, 2.24) is 4.90 Å². The number of hydrogen-bond donors (Lipinski definition) is 3. The molecule has 1 fully saturated rings. The first kappa shape index (κ1) is 29.8. The van der Waals surface area contributed by atoms with Crippen LogP contribution in [0, 0.1) is 6.92 Å². The second-order valence-electron chi connectivity index (χ2n) is 10.5. The zero-order valence-electron chi connectivity index (χ0n) is 23.6. The molecule has 3 amide bonds. The second kappa shape index (κ2) is 13.6. The minimum absolute atomic E-state index is 0.00652.